The van der Waals surface area contributed by atoms with Gasteiger partial charge in [0.05, 0.1) is 0 Å². The Balaban J connectivity index is 3.36. The van der Waals surface area contributed by atoms with Crippen LogP contribution in [0.25, 0.3) is 0 Å². The summed E-state index contributed by atoms with van der Waals surface area (Å²) in [6.07, 6.45) is 10.9. The average molecular weight is 152 g/mol. The lowest BCUT2D eigenvalue weighted by Crippen LogP contribution is -1.77. The average Bonchev–Trinajstić information content (AvgIpc) is 1.96. The highest BCUT2D eigenvalue weighted by molar-refractivity contribution is 5.87. The number of hydrogen-bond donors (Lipinski definition) is 0. The molecular formula is C10H16O. The lowest BCUT2D eigenvalue weighted by molar-refractivity contribution is -0.112. The van der Waals surface area contributed by atoms with E-state index < -0.39 is 0 Å². The molecule has 0 saturated carbocycles. The van der Waals surface area contributed by atoms with Gasteiger partial charge in [-0.3, -0.25) is 4.79 Å². The van der Waals surface area contributed by atoms with Gasteiger partial charge in [-0.2, -0.15) is 0 Å². The van der Waals surface area contributed by atoms with Crippen LogP contribution in [-0.2, 0) is 4.79 Å². The minimum Gasteiger partial charge on any atom is -0.295 e. The molecule has 0 saturated heterocycles. The van der Waals surface area contributed by atoms with Crippen molar-refractivity contribution in [1.82, 2.24) is 0 Å². The fourth-order valence-electron chi connectivity index (χ4n) is 0.688. The van der Waals surface area contributed by atoms with Gasteiger partial charge in [-0.05, 0) is 19.4 Å². The van der Waals surface area contributed by atoms with Crippen LogP contribution in [0.15, 0.2) is 24.3 Å². The third-order valence-electron chi connectivity index (χ3n) is 1.30. The fraction of sp³-hybridized carbons (Fsp3) is 0.500. The zero-order valence-electron chi connectivity index (χ0n) is 7.34. The third-order valence-corrected chi connectivity index (χ3v) is 1.30. The highest BCUT2D eigenvalue weighted by Crippen LogP contribution is 1.94. The molecule has 0 aromatic rings. The second-order valence-corrected chi connectivity index (χ2v) is 2.54. The van der Waals surface area contributed by atoms with Gasteiger partial charge < -0.3 is 0 Å². The number of unbranched alkanes of at least 4 members (excludes halogenated alkanes) is 2. The first-order chi connectivity index (χ1) is 5.27. The first kappa shape index (κ1) is 10.2. The molecule has 0 aliphatic heterocycles. The van der Waals surface area contributed by atoms with Crippen molar-refractivity contribution in [2.24, 2.45) is 0 Å². The summed E-state index contributed by atoms with van der Waals surface area (Å²) in [6.45, 7) is 3.72. The zero-order chi connectivity index (χ0) is 8.53. The van der Waals surface area contributed by atoms with Gasteiger partial charge in [-0.25, -0.2) is 0 Å². The quantitative estimate of drug-likeness (QED) is 0.336. The van der Waals surface area contributed by atoms with Crippen molar-refractivity contribution in [2.45, 2.75) is 33.1 Å². The van der Waals surface area contributed by atoms with Crippen molar-refractivity contribution in [1.29, 1.82) is 0 Å². The zero-order valence-corrected chi connectivity index (χ0v) is 7.34. The minimum absolute atomic E-state index is 0.102. The second-order valence-electron chi connectivity index (χ2n) is 2.54. The molecule has 1 heteroatoms. The first-order valence-corrected chi connectivity index (χ1v) is 4.11. The maximum absolute atomic E-state index is 10.4. The molecule has 0 radical (unpaired) electrons. The third kappa shape index (κ3) is 9.15. The van der Waals surface area contributed by atoms with Crippen molar-refractivity contribution >= 4 is 5.78 Å². The van der Waals surface area contributed by atoms with E-state index in [4.69, 9.17) is 0 Å². The van der Waals surface area contributed by atoms with Gasteiger partial charge in [-0.1, -0.05) is 38.0 Å². The van der Waals surface area contributed by atoms with Crippen molar-refractivity contribution in [3.63, 3.8) is 0 Å². The van der Waals surface area contributed by atoms with Crippen LogP contribution in [-0.4, -0.2) is 5.78 Å². The Hall–Kier alpha value is -0.850. The molecule has 0 aromatic heterocycles. The maximum atomic E-state index is 10.4. The molecule has 0 heterocycles. The molecule has 1 nitrogen and oxygen atoms in total. The van der Waals surface area contributed by atoms with Gasteiger partial charge in [0.2, 0.25) is 0 Å². The van der Waals surface area contributed by atoms with E-state index in [0.29, 0.717) is 0 Å². The highest BCUT2D eigenvalue weighted by atomic mass is 16.1. The van der Waals surface area contributed by atoms with Gasteiger partial charge in [0, 0.05) is 0 Å². The summed E-state index contributed by atoms with van der Waals surface area (Å²) in [5.74, 6) is 0.102. The number of rotatable bonds is 5. The summed E-state index contributed by atoms with van der Waals surface area (Å²) < 4.78 is 0. The lowest BCUT2D eigenvalue weighted by Gasteiger charge is -1.85. The molecule has 0 unspecified atom stereocenters. The number of hydrogen-bond acceptors (Lipinski definition) is 1. The first-order valence-electron chi connectivity index (χ1n) is 4.11. The van der Waals surface area contributed by atoms with Gasteiger partial charge in [0.25, 0.3) is 0 Å². The molecule has 62 valence electrons. The summed E-state index contributed by atoms with van der Waals surface area (Å²) in [5, 5.41) is 0. The Morgan fingerprint density at radius 3 is 2.64 bits per heavy atom. The van der Waals surface area contributed by atoms with E-state index in [1.807, 2.05) is 6.08 Å². The van der Waals surface area contributed by atoms with E-state index in [0.717, 1.165) is 6.42 Å². The number of carbonyl (C=O) groups excluding carboxylic acids is 1. The van der Waals surface area contributed by atoms with Crippen LogP contribution in [0.5, 0.6) is 0 Å². The molecule has 0 aliphatic rings. The summed E-state index contributed by atoms with van der Waals surface area (Å²) in [4.78, 5) is 10.4. The molecule has 0 spiro atoms. The highest BCUT2D eigenvalue weighted by Gasteiger charge is 1.78. The Kier molecular flexibility index (Phi) is 6.70. The van der Waals surface area contributed by atoms with Crippen LogP contribution in [0.3, 0.4) is 0 Å². The molecule has 0 amide bonds. The smallest absolute Gasteiger partial charge is 0.152 e. The number of ketones is 1. The van der Waals surface area contributed by atoms with Crippen LogP contribution in [0.4, 0.5) is 0 Å². The predicted octanol–water partition coefficient (Wildman–Crippen LogP) is 2.88. The van der Waals surface area contributed by atoms with Crippen LogP contribution >= 0.6 is 0 Å². The molecule has 0 bridgehead atoms. The van der Waals surface area contributed by atoms with Gasteiger partial charge in [0.1, 0.15) is 0 Å². The topological polar surface area (TPSA) is 17.1 Å². The fourth-order valence-corrected chi connectivity index (χ4v) is 0.688. The number of carbonyl (C=O) groups is 1. The Bertz CT molecular complexity index is 154. The van der Waals surface area contributed by atoms with Gasteiger partial charge in [0.15, 0.2) is 5.78 Å². The van der Waals surface area contributed by atoms with Crippen LogP contribution in [0.2, 0.25) is 0 Å². The molecule has 0 atom stereocenters. The van der Waals surface area contributed by atoms with Gasteiger partial charge >= 0.3 is 0 Å². The molecular weight excluding hydrogens is 136 g/mol. The van der Waals surface area contributed by atoms with E-state index in [1.54, 1.807) is 19.1 Å². The van der Waals surface area contributed by atoms with Gasteiger partial charge in [-0.15, -0.1) is 0 Å². The van der Waals surface area contributed by atoms with E-state index in [9.17, 15) is 4.79 Å². The molecule has 0 aromatic carbocycles. The molecule has 0 N–H and O–H groups in total. The Morgan fingerprint density at radius 1 is 1.36 bits per heavy atom. The van der Waals surface area contributed by atoms with Crippen LogP contribution < -0.4 is 0 Å². The van der Waals surface area contributed by atoms with E-state index in [2.05, 4.69) is 13.0 Å². The molecule has 0 fully saturated rings. The molecule has 11 heavy (non-hydrogen) atoms. The number of allylic oxidation sites excluding steroid dienone is 4. The lowest BCUT2D eigenvalue weighted by atomic mass is 10.2. The van der Waals surface area contributed by atoms with E-state index >= 15 is 0 Å². The standard InChI is InChI=1S/C10H16O/c1-3-4-5-6-7-8-9-10(2)11/h6-9H,3-5H2,1-2H3/b7-6-,9-8+. The van der Waals surface area contributed by atoms with E-state index in [1.165, 1.54) is 12.8 Å². The predicted molar refractivity (Wildman–Crippen MR) is 48.5 cm³/mol. The summed E-state index contributed by atoms with van der Waals surface area (Å²) in [6, 6.07) is 0. The van der Waals surface area contributed by atoms with Crippen molar-refractivity contribution in [3.8, 4) is 0 Å². The van der Waals surface area contributed by atoms with Crippen molar-refractivity contribution < 1.29 is 4.79 Å². The summed E-state index contributed by atoms with van der Waals surface area (Å²) >= 11 is 0. The maximum Gasteiger partial charge on any atom is 0.152 e. The monoisotopic (exact) mass is 152 g/mol. The summed E-state index contributed by atoms with van der Waals surface area (Å²) in [5.41, 5.74) is 0. The Morgan fingerprint density at radius 2 is 2.09 bits per heavy atom. The largest absolute Gasteiger partial charge is 0.295 e. The van der Waals surface area contributed by atoms with Crippen LogP contribution in [0.1, 0.15) is 33.1 Å². The van der Waals surface area contributed by atoms with Crippen molar-refractivity contribution in [2.75, 3.05) is 0 Å². The van der Waals surface area contributed by atoms with E-state index in [-0.39, 0.29) is 5.78 Å². The molecule has 0 rings (SSSR count). The minimum atomic E-state index is 0.102. The SMILES string of the molecule is CCCC/C=C\C=C\C(C)=O. The summed E-state index contributed by atoms with van der Waals surface area (Å²) in [7, 11) is 0. The Labute approximate surface area is 68.8 Å². The van der Waals surface area contributed by atoms with Crippen molar-refractivity contribution in [3.05, 3.63) is 24.3 Å². The normalized spacial score (nSPS) is 11.5. The van der Waals surface area contributed by atoms with Crippen LogP contribution in [0, 0.1) is 0 Å². The second kappa shape index (κ2) is 7.26. The molecule has 0 aliphatic carbocycles.